The molecule has 12 nitrogen and oxygen atoms in total. The van der Waals surface area contributed by atoms with Crippen molar-refractivity contribution in [1.29, 1.82) is 0 Å². The monoisotopic (exact) mass is 733 g/mol. The molecular formula is C39H72O12. The lowest BCUT2D eigenvalue weighted by atomic mass is 10.1. The molecule has 0 heterocycles. The molecule has 0 unspecified atom stereocenters. The highest BCUT2D eigenvalue weighted by atomic mass is 16.6. The summed E-state index contributed by atoms with van der Waals surface area (Å²) in [5, 5.41) is 0. The van der Waals surface area contributed by atoms with E-state index in [4.69, 9.17) is 56.8 Å². The Kier molecular flexibility index (Phi) is 40.4. The predicted octanol–water partition coefficient (Wildman–Crippen LogP) is 5.53. The van der Waals surface area contributed by atoms with Gasteiger partial charge in [0.05, 0.1) is 152 Å². The molecule has 12 heteroatoms. The van der Waals surface area contributed by atoms with Crippen LogP contribution in [0.25, 0.3) is 0 Å². The second-order valence-electron chi connectivity index (χ2n) is 11.7. The van der Waals surface area contributed by atoms with Gasteiger partial charge < -0.3 is 56.8 Å². The first kappa shape index (κ1) is 47.8. The van der Waals surface area contributed by atoms with E-state index in [0.717, 1.165) is 18.6 Å². The fourth-order valence-corrected chi connectivity index (χ4v) is 4.52. The van der Waals surface area contributed by atoms with Gasteiger partial charge in [-0.1, -0.05) is 82.2 Å². The molecule has 0 radical (unpaired) electrons. The van der Waals surface area contributed by atoms with Crippen molar-refractivity contribution in [2.45, 2.75) is 64.9 Å². The summed E-state index contributed by atoms with van der Waals surface area (Å²) in [6.07, 6.45) is 10.5. The molecule has 0 N–H and O–H groups in total. The molecule has 0 aliphatic carbocycles. The smallest absolute Gasteiger partial charge is 0.0718 e. The normalized spacial score (nSPS) is 11.5. The summed E-state index contributed by atoms with van der Waals surface area (Å²) in [6.45, 7) is 15.6. The molecule has 1 rings (SSSR count). The van der Waals surface area contributed by atoms with Gasteiger partial charge in [0.2, 0.25) is 0 Å². The summed E-state index contributed by atoms with van der Waals surface area (Å²) in [7, 11) is 0. The standard InChI is InChI=1S/C39H72O12/c1-2-3-4-5-6-7-8-12-15-40-16-17-41-18-19-42-20-21-43-22-23-44-24-25-45-26-27-46-28-29-47-30-31-48-32-33-49-34-35-50-36-37-51-38-39-13-10-9-11-14-39/h9-11,13-14H,2-8,12,15-38H2,1H3. The van der Waals surface area contributed by atoms with Gasteiger partial charge in [0.15, 0.2) is 0 Å². The summed E-state index contributed by atoms with van der Waals surface area (Å²) < 4.78 is 66.3. The molecular weight excluding hydrogens is 660 g/mol. The van der Waals surface area contributed by atoms with Crippen molar-refractivity contribution in [3.63, 3.8) is 0 Å². The average molecular weight is 733 g/mol. The van der Waals surface area contributed by atoms with Crippen molar-refractivity contribution < 1.29 is 56.8 Å². The van der Waals surface area contributed by atoms with Crippen LogP contribution < -0.4 is 0 Å². The van der Waals surface area contributed by atoms with Crippen LogP contribution in [0, 0.1) is 0 Å². The van der Waals surface area contributed by atoms with E-state index >= 15 is 0 Å². The largest absolute Gasteiger partial charge is 0.379 e. The molecule has 0 atom stereocenters. The minimum atomic E-state index is 0.517. The zero-order valence-corrected chi connectivity index (χ0v) is 31.9. The van der Waals surface area contributed by atoms with E-state index < -0.39 is 0 Å². The Morgan fingerprint density at radius 2 is 0.529 bits per heavy atom. The van der Waals surface area contributed by atoms with Crippen LogP contribution in [0.15, 0.2) is 30.3 Å². The molecule has 0 aliphatic rings. The van der Waals surface area contributed by atoms with Crippen molar-refractivity contribution in [1.82, 2.24) is 0 Å². The fourth-order valence-electron chi connectivity index (χ4n) is 4.52. The van der Waals surface area contributed by atoms with Gasteiger partial charge >= 0.3 is 0 Å². The van der Waals surface area contributed by atoms with Crippen LogP contribution >= 0.6 is 0 Å². The van der Waals surface area contributed by atoms with Crippen LogP contribution in [0.3, 0.4) is 0 Å². The average Bonchev–Trinajstić information content (AvgIpc) is 3.15. The maximum absolute atomic E-state index is 5.63. The fraction of sp³-hybridized carbons (Fsp3) is 0.846. The van der Waals surface area contributed by atoms with Gasteiger partial charge in [0.1, 0.15) is 0 Å². The lowest BCUT2D eigenvalue weighted by Gasteiger charge is -2.09. The van der Waals surface area contributed by atoms with Gasteiger partial charge in [-0.25, -0.2) is 0 Å². The Hall–Kier alpha value is -1.26. The van der Waals surface area contributed by atoms with Crippen molar-refractivity contribution >= 4 is 0 Å². The number of unbranched alkanes of at least 4 members (excludes halogenated alkanes) is 7. The molecule has 0 bridgehead atoms. The number of benzene rings is 1. The number of rotatable bonds is 44. The summed E-state index contributed by atoms with van der Waals surface area (Å²) in [5.41, 5.74) is 1.16. The second-order valence-corrected chi connectivity index (χ2v) is 11.7. The highest BCUT2D eigenvalue weighted by Crippen LogP contribution is 2.08. The van der Waals surface area contributed by atoms with E-state index in [0.29, 0.717) is 152 Å². The minimum absolute atomic E-state index is 0.517. The van der Waals surface area contributed by atoms with Gasteiger partial charge in [0, 0.05) is 6.61 Å². The van der Waals surface area contributed by atoms with Gasteiger partial charge in [-0.15, -0.1) is 0 Å². The molecule has 0 saturated carbocycles. The van der Waals surface area contributed by atoms with E-state index in [9.17, 15) is 0 Å². The summed E-state index contributed by atoms with van der Waals surface area (Å²) in [4.78, 5) is 0. The Balaban J connectivity index is 1.60. The maximum Gasteiger partial charge on any atom is 0.0718 e. The molecule has 0 aliphatic heterocycles. The lowest BCUT2D eigenvalue weighted by molar-refractivity contribution is -0.0285. The Morgan fingerprint density at radius 1 is 0.275 bits per heavy atom. The molecule has 300 valence electrons. The van der Waals surface area contributed by atoms with Gasteiger partial charge in [-0.2, -0.15) is 0 Å². The highest BCUT2D eigenvalue weighted by Gasteiger charge is 1.98. The molecule has 0 amide bonds. The first-order valence-corrected chi connectivity index (χ1v) is 19.4. The highest BCUT2D eigenvalue weighted by molar-refractivity contribution is 5.13. The van der Waals surface area contributed by atoms with Crippen LogP contribution in [0.4, 0.5) is 0 Å². The Morgan fingerprint density at radius 3 is 0.843 bits per heavy atom. The first-order chi connectivity index (χ1) is 25.4. The Labute approximate surface area is 309 Å². The van der Waals surface area contributed by atoms with Crippen LogP contribution in [-0.4, -0.2) is 152 Å². The third-order valence-electron chi connectivity index (χ3n) is 7.35. The first-order valence-electron chi connectivity index (χ1n) is 19.4. The van der Waals surface area contributed by atoms with Crippen molar-refractivity contribution in [2.24, 2.45) is 0 Å². The van der Waals surface area contributed by atoms with Crippen molar-refractivity contribution in [3.8, 4) is 0 Å². The van der Waals surface area contributed by atoms with Gasteiger partial charge in [-0.05, 0) is 12.0 Å². The molecule has 51 heavy (non-hydrogen) atoms. The minimum Gasteiger partial charge on any atom is -0.379 e. The zero-order chi connectivity index (χ0) is 36.2. The molecule has 1 aromatic carbocycles. The quantitative estimate of drug-likeness (QED) is 0.0788. The van der Waals surface area contributed by atoms with E-state index in [2.05, 4.69) is 6.92 Å². The summed E-state index contributed by atoms with van der Waals surface area (Å²) in [6, 6.07) is 10.1. The molecule has 0 saturated heterocycles. The second kappa shape index (κ2) is 43.1. The zero-order valence-electron chi connectivity index (χ0n) is 31.9. The summed E-state index contributed by atoms with van der Waals surface area (Å²) in [5.74, 6) is 0. The van der Waals surface area contributed by atoms with Crippen LogP contribution in [0.2, 0.25) is 0 Å². The van der Waals surface area contributed by atoms with Crippen molar-refractivity contribution in [3.05, 3.63) is 35.9 Å². The van der Waals surface area contributed by atoms with E-state index in [-0.39, 0.29) is 0 Å². The topological polar surface area (TPSA) is 111 Å². The molecule has 1 aromatic rings. The predicted molar refractivity (Wildman–Crippen MR) is 198 cm³/mol. The third kappa shape index (κ3) is 39.8. The number of hydrogen-bond donors (Lipinski definition) is 0. The maximum atomic E-state index is 5.63. The lowest BCUT2D eigenvalue weighted by Crippen LogP contribution is -2.15. The number of hydrogen-bond acceptors (Lipinski definition) is 12. The third-order valence-corrected chi connectivity index (χ3v) is 7.35. The SMILES string of the molecule is CCCCCCCCCCOCCOCCOCCOCCOCCOCCOCCOCCOCCOCCOCCOCc1ccccc1. The Bertz CT molecular complexity index is 761. The van der Waals surface area contributed by atoms with Gasteiger partial charge in [0.25, 0.3) is 0 Å². The van der Waals surface area contributed by atoms with Crippen LogP contribution in [0.5, 0.6) is 0 Å². The van der Waals surface area contributed by atoms with E-state index in [1.807, 2.05) is 30.3 Å². The molecule has 0 fully saturated rings. The van der Waals surface area contributed by atoms with Crippen LogP contribution in [-0.2, 0) is 63.4 Å². The number of ether oxygens (including phenoxy) is 12. The van der Waals surface area contributed by atoms with Crippen LogP contribution in [0.1, 0.15) is 63.9 Å². The van der Waals surface area contributed by atoms with E-state index in [1.165, 1.54) is 44.9 Å². The summed E-state index contributed by atoms with van der Waals surface area (Å²) >= 11 is 0. The molecule has 0 aromatic heterocycles. The molecule has 0 spiro atoms. The van der Waals surface area contributed by atoms with E-state index in [1.54, 1.807) is 0 Å². The van der Waals surface area contributed by atoms with Gasteiger partial charge in [-0.3, -0.25) is 0 Å². The van der Waals surface area contributed by atoms with Crippen molar-refractivity contribution in [2.75, 3.05) is 152 Å².